The van der Waals surface area contributed by atoms with E-state index in [0.29, 0.717) is 29.5 Å². The fourth-order valence-corrected chi connectivity index (χ4v) is 3.70. The number of hydrogen-bond acceptors (Lipinski definition) is 3. The van der Waals surface area contributed by atoms with Gasteiger partial charge in [-0.2, -0.15) is 13.2 Å². The number of alkyl halides is 3. The third-order valence-electron chi connectivity index (χ3n) is 3.85. The second-order valence-electron chi connectivity index (χ2n) is 5.72. The molecule has 3 rings (SSSR count). The summed E-state index contributed by atoms with van der Waals surface area (Å²) in [6.07, 6.45) is -2.43. The van der Waals surface area contributed by atoms with Crippen LogP contribution in [-0.4, -0.2) is 24.9 Å². The van der Waals surface area contributed by atoms with Gasteiger partial charge in [0.15, 0.2) is 0 Å². The van der Waals surface area contributed by atoms with Crippen LogP contribution in [0.25, 0.3) is 22.2 Å². The largest absolute Gasteiger partial charge is 0.431 e. The van der Waals surface area contributed by atoms with Gasteiger partial charge in [-0.05, 0) is 41.8 Å². The van der Waals surface area contributed by atoms with E-state index in [1.165, 1.54) is 18.3 Å². The van der Waals surface area contributed by atoms with Crippen molar-refractivity contribution in [2.24, 2.45) is 0 Å². The Hall–Kier alpha value is -2.39. The summed E-state index contributed by atoms with van der Waals surface area (Å²) in [6, 6.07) is 8.58. The summed E-state index contributed by atoms with van der Waals surface area (Å²) in [4.78, 5) is 6.30. The van der Waals surface area contributed by atoms with Crippen molar-refractivity contribution in [2.45, 2.75) is 24.4 Å². The van der Waals surface area contributed by atoms with Gasteiger partial charge < -0.3 is 4.98 Å². The third kappa shape index (κ3) is 3.58. The van der Waals surface area contributed by atoms with Crippen molar-refractivity contribution in [1.82, 2.24) is 14.7 Å². The Morgan fingerprint density at radius 1 is 1.15 bits per heavy atom. The first-order valence-electron chi connectivity index (χ1n) is 7.87. The molecule has 3 aromatic rings. The molecule has 0 atom stereocenters. The number of H-pyrrole nitrogens is 1. The van der Waals surface area contributed by atoms with Gasteiger partial charge >= 0.3 is 6.18 Å². The van der Waals surface area contributed by atoms with Crippen molar-refractivity contribution in [3.8, 4) is 11.1 Å². The predicted molar refractivity (Wildman–Crippen MR) is 92.0 cm³/mol. The second kappa shape index (κ2) is 6.73. The van der Waals surface area contributed by atoms with Crippen molar-refractivity contribution in [2.75, 3.05) is 6.54 Å². The van der Waals surface area contributed by atoms with E-state index in [-0.39, 0.29) is 10.5 Å². The summed E-state index contributed by atoms with van der Waals surface area (Å²) in [7, 11) is -3.60. The molecule has 0 radical (unpaired) electrons. The van der Waals surface area contributed by atoms with Crippen LogP contribution in [0.15, 0.2) is 47.5 Å². The van der Waals surface area contributed by atoms with Crippen molar-refractivity contribution < 1.29 is 21.6 Å². The number of nitrogens with one attached hydrogen (secondary N) is 2. The Morgan fingerprint density at radius 3 is 2.46 bits per heavy atom. The van der Waals surface area contributed by atoms with Gasteiger partial charge in [-0.3, -0.25) is 0 Å². The van der Waals surface area contributed by atoms with Crippen LogP contribution in [0.2, 0.25) is 0 Å². The minimum absolute atomic E-state index is 0.102. The highest BCUT2D eigenvalue weighted by Gasteiger charge is 2.33. The Bertz CT molecular complexity index is 1030. The van der Waals surface area contributed by atoms with Gasteiger partial charge in [0.1, 0.15) is 11.3 Å². The molecule has 5 nitrogen and oxygen atoms in total. The first kappa shape index (κ1) is 18.4. The summed E-state index contributed by atoms with van der Waals surface area (Å²) in [5, 5.41) is 0.319. The van der Waals surface area contributed by atoms with Gasteiger partial charge in [0.2, 0.25) is 10.0 Å². The first-order valence-corrected chi connectivity index (χ1v) is 9.35. The Morgan fingerprint density at radius 2 is 1.85 bits per heavy atom. The topological polar surface area (TPSA) is 74.8 Å². The zero-order chi connectivity index (χ0) is 18.9. The van der Waals surface area contributed by atoms with Gasteiger partial charge in [0, 0.05) is 18.1 Å². The smallest absolute Gasteiger partial charge is 0.336 e. The molecule has 0 aliphatic rings. The minimum Gasteiger partial charge on any atom is -0.336 e. The number of pyridine rings is 1. The molecule has 0 saturated carbocycles. The predicted octanol–water partition coefficient (Wildman–Crippen LogP) is 3.94. The van der Waals surface area contributed by atoms with Gasteiger partial charge in [-0.15, -0.1) is 0 Å². The lowest BCUT2D eigenvalue weighted by atomic mass is 10.0. The van der Waals surface area contributed by atoms with Gasteiger partial charge in [0.25, 0.3) is 0 Å². The van der Waals surface area contributed by atoms with Gasteiger partial charge in [-0.1, -0.05) is 19.1 Å². The Labute approximate surface area is 148 Å². The fraction of sp³-hybridized carbons (Fsp3) is 0.235. The molecule has 0 amide bonds. The highest BCUT2D eigenvalue weighted by Crippen LogP contribution is 2.34. The number of nitrogens with zero attached hydrogens (tertiary/aromatic N) is 1. The number of aromatic amines is 1. The van der Waals surface area contributed by atoms with Gasteiger partial charge in [-0.25, -0.2) is 18.1 Å². The lowest BCUT2D eigenvalue weighted by molar-refractivity contribution is -0.140. The zero-order valence-electron chi connectivity index (χ0n) is 13.8. The maximum absolute atomic E-state index is 12.9. The molecule has 138 valence electrons. The molecule has 0 bridgehead atoms. The second-order valence-corrected chi connectivity index (χ2v) is 7.49. The molecule has 0 fully saturated rings. The molecule has 0 spiro atoms. The summed E-state index contributed by atoms with van der Waals surface area (Å²) < 4.78 is 65.4. The Kier molecular flexibility index (Phi) is 4.76. The van der Waals surface area contributed by atoms with E-state index in [0.717, 1.165) is 6.07 Å². The number of hydrogen-bond donors (Lipinski definition) is 2. The molecule has 9 heteroatoms. The SMILES string of the molecule is CCCNS(=O)(=O)c1ccc(-c2ccnc3[nH]c(C(F)(F)F)cc23)cc1. The van der Waals surface area contributed by atoms with Crippen molar-refractivity contribution in [1.29, 1.82) is 0 Å². The summed E-state index contributed by atoms with van der Waals surface area (Å²) in [5.74, 6) is 0. The van der Waals surface area contributed by atoms with Crippen LogP contribution in [0.4, 0.5) is 13.2 Å². The monoisotopic (exact) mass is 383 g/mol. The average molecular weight is 383 g/mol. The van der Waals surface area contributed by atoms with E-state index in [9.17, 15) is 21.6 Å². The summed E-state index contributed by atoms with van der Waals surface area (Å²) in [6.45, 7) is 2.19. The molecule has 0 unspecified atom stereocenters. The van der Waals surface area contributed by atoms with Crippen molar-refractivity contribution in [3.63, 3.8) is 0 Å². The van der Waals surface area contributed by atoms with Crippen LogP contribution < -0.4 is 4.72 Å². The molecule has 1 aromatic carbocycles. The standard InChI is InChI=1S/C17H16F3N3O2S/c1-2-8-22-26(24,25)12-5-3-11(4-6-12)13-7-9-21-16-14(13)10-15(23-16)17(18,19)20/h3-7,9-10,22H,2,8H2,1H3,(H,21,23). The molecule has 2 aromatic heterocycles. The number of fused-ring (bicyclic) bond motifs is 1. The highest BCUT2D eigenvalue weighted by molar-refractivity contribution is 7.89. The first-order chi connectivity index (χ1) is 12.2. The van der Waals surface area contributed by atoms with E-state index in [4.69, 9.17) is 0 Å². The van der Waals surface area contributed by atoms with Crippen LogP contribution in [0.3, 0.4) is 0 Å². The molecule has 0 aliphatic heterocycles. The molecule has 0 saturated heterocycles. The van der Waals surface area contributed by atoms with E-state index < -0.39 is 21.9 Å². The number of halogens is 3. The maximum Gasteiger partial charge on any atom is 0.431 e. The molecule has 0 aliphatic carbocycles. The number of sulfonamides is 1. The average Bonchev–Trinajstić information content (AvgIpc) is 3.05. The lowest BCUT2D eigenvalue weighted by Crippen LogP contribution is -2.24. The number of benzene rings is 1. The number of aromatic nitrogens is 2. The maximum atomic E-state index is 12.9. The van der Waals surface area contributed by atoms with Crippen LogP contribution in [0, 0.1) is 0 Å². The minimum atomic E-state index is -4.50. The third-order valence-corrected chi connectivity index (χ3v) is 5.33. The van der Waals surface area contributed by atoms with Crippen LogP contribution in [0.1, 0.15) is 19.0 Å². The van der Waals surface area contributed by atoms with Crippen molar-refractivity contribution >= 4 is 21.1 Å². The molecule has 2 heterocycles. The summed E-state index contributed by atoms with van der Waals surface area (Å²) >= 11 is 0. The van der Waals surface area contributed by atoms with E-state index in [2.05, 4.69) is 14.7 Å². The van der Waals surface area contributed by atoms with E-state index in [1.54, 1.807) is 18.2 Å². The molecular formula is C17H16F3N3O2S. The highest BCUT2D eigenvalue weighted by atomic mass is 32.2. The normalized spacial score (nSPS) is 12.6. The van der Waals surface area contributed by atoms with Gasteiger partial charge in [0.05, 0.1) is 4.90 Å². The van der Waals surface area contributed by atoms with E-state index >= 15 is 0 Å². The molecule has 2 N–H and O–H groups in total. The van der Waals surface area contributed by atoms with Crippen LogP contribution in [0.5, 0.6) is 0 Å². The quantitative estimate of drug-likeness (QED) is 0.701. The number of rotatable bonds is 5. The van der Waals surface area contributed by atoms with E-state index in [1.807, 2.05) is 6.92 Å². The van der Waals surface area contributed by atoms with Crippen molar-refractivity contribution in [3.05, 3.63) is 48.3 Å². The lowest BCUT2D eigenvalue weighted by Gasteiger charge is -2.07. The van der Waals surface area contributed by atoms with Crippen LogP contribution >= 0.6 is 0 Å². The zero-order valence-corrected chi connectivity index (χ0v) is 14.6. The molecular weight excluding hydrogens is 367 g/mol. The summed E-state index contributed by atoms with van der Waals surface area (Å²) in [5.41, 5.74) is 0.373. The Balaban J connectivity index is 2.01. The fourth-order valence-electron chi connectivity index (χ4n) is 2.56. The molecule has 26 heavy (non-hydrogen) atoms. The van der Waals surface area contributed by atoms with Crippen LogP contribution in [-0.2, 0) is 16.2 Å².